The Labute approximate surface area is 114 Å². The van der Waals surface area contributed by atoms with Crippen molar-refractivity contribution in [2.45, 2.75) is 27.2 Å². The number of aliphatic carboxylic acids is 1. The zero-order valence-electron chi connectivity index (χ0n) is 11.9. The highest BCUT2D eigenvalue weighted by molar-refractivity contribution is 5.80. The minimum atomic E-state index is -0.883. The second kappa shape index (κ2) is 6.36. The molecule has 0 spiro atoms. The lowest BCUT2D eigenvalue weighted by atomic mass is 9.99. The third-order valence-electron chi connectivity index (χ3n) is 3.37. The Morgan fingerprint density at radius 1 is 1.26 bits per heavy atom. The first kappa shape index (κ1) is 15.2. The minimum Gasteiger partial charge on any atom is -0.481 e. The molecule has 0 aromatic heterocycles. The number of carbonyl (C=O) groups excluding carboxylic acids is 1. The molecule has 4 nitrogen and oxygen atoms in total. The van der Waals surface area contributed by atoms with Gasteiger partial charge in [0.1, 0.15) is 0 Å². The smallest absolute Gasteiger partial charge is 0.308 e. The number of nitrogens with zero attached hydrogens (tertiary/aromatic N) is 1. The van der Waals surface area contributed by atoms with Gasteiger partial charge in [0.05, 0.1) is 12.3 Å². The Hall–Kier alpha value is -1.84. The second-order valence-electron chi connectivity index (χ2n) is 5.06. The van der Waals surface area contributed by atoms with E-state index in [1.807, 2.05) is 32.0 Å². The van der Waals surface area contributed by atoms with Gasteiger partial charge in [-0.25, -0.2) is 0 Å². The van der Waals surface area contributed by atoms with Gasteiger partial charge in [-0.05, 0) is 30.5 Å². The van der Waals surface area contributed by atoms with Gasteiger partial charge in [-0.2, -0.15) is 0 Å². The number of rotatable bonds is 5. The first-order chi connectivity index (χ1) is 8.82. The molecule has 1 atom stereocenters. The molecule has 0 saturated carbocycles. The highest BCUT2D eigenvalue weighted by atomic mass is 16.4. The lowest BCUT2D eigenvalue weighted by Crippen LogP contribution is -2.34. The Bertz CT molecular complexity index is 462. The van der Waals surface area contributed by atoms with Crippen molar-refractivity contribution in [3.8, 4) is 0 Å². The predicted octanol–water partition coefficient (Wildman–Crippen LogP) is 2.03. The largest absolute Gasteiger partial charge is 0.481 e. The van der Waals surface area contributed by atoms with Crippen LogP contribution in [0.3, 0.4) is 0 Å². The number of hydrogen-bond acceptors (Lipinski definition) is 2. The van der Waals surface area contributed by atoms with Crippen molar-refractivity contribution in [1.82, 2.24) is 4.90 Å². The third-order valence-corrected chi connectivity index (χ3v) is 3.37. The third kappa shape index (κ3) is 4.09. The fraction of sp³-hybridized carbons (Fsp3) is 0.467. The molecule has 1 unspecified atom stereocenters. The van der Waals surface area contributed by atoms with Crippen molar-refractivity contribution < 1.29 is 14.7 Å². The van der Waals surface area contributed by atoms with Crippen LogP contribution in [0, 0.1) is 19.8 Å². The lowest BCUT2D eigenvalue weighted by molar-refractivity contribution is -0.142. The summed E-state index contributed by atoms with van der Waals surface area (Å²) in [6.07, 6.45) is 0.321. The first-order valence-corrected chi connectivity index (χ1v) is 6.34. The molecule has 0 bridgehead atoms. The number of benzene rings is 1. The number of carbonyl (C=O) groups is 2. The van der Waals surface area contributed by atoms with Gasteiger partial charge in [-0.3, -0.25) is 9.59 Å². The van der Waals surface area contributed by atoms with Crippen LogP contribution in [0.4, 0.5) is 0 Å². The number of carboxylic acid groups (broad SMARTS) is 1. The van der Waals surface area contributed by atoms with Crippen LogP contribution in [-0.4, -0.2) is 35.5 Å². The highest BCUT2D eigenvalue weighted by Crippen LogP contribution is 2.15. The van der Waals surface area contributed by atoms with Gasteiger partial charge in [0, 0.05) is 13.6 Å². The van der Waals surface area contributed by atoms with Crippen LogP contribution in [0.15, 0.2) is 18.2 Å². The molecule has 0 radical (unpaired) electrons. The second-order valence-corrected chi connectivity index (χ2v) is 5.06. The average molecular weight is 263 g/mol. The van der Waals surface area contributed by atoms with Gasteiger partial charge in [-0.15, -0.1) is 0 Å². The maximum atomic E-state index is 12.1. The molecule has 19 heavy (non-hydrogen) atoms. The quantitative estimate of drug-likeness (QED) is 0.884. The molecule has 1 N–H and O–H groups in total. The molecule has 104 valence electrons. The molecule has 1 rings (SSSR count). The number of hydrogen-bond donors (Lipinski definition) is 1. The molecule has 0 aliphatic heterocycles. The standard InChI is InChI=1S/C15H21NO3/c1-10-6-5-7-11(2)13(10)8-14(17)16(4)9-12(3)15(18)19/h5-7,12H,8-9H2,1-4H3,(H,18,19). The SMILES string of the molecule is Cc1cccc(C)c1CC(=O)N(C)CC(C)C(=O)O. The van der Waals surface area contributed by atoms with Gasteiger partial charge < -0.3 is 10.0 Å². The minimum absolute atomic E-state index is 0.0505. The summed E-state index contributed by atoms with van der Waals surface area (Å²) in [5.41, 5.74) is 3.21. The molecule has 1 aromatic carbocycles. The first-order valence-electron chi connectivity index (χ1n) is 6.34. The summed E-state index contributed by atoms with van der Waals surface area (Å²) in [5.74, 6) is -1.48. The molecule has 0 heterocycles. The summed E-state index contributed by atoms with van der Waals surface area (Å²) < 4.78 is 0. The number of carboxylic acids is 1. The highest BCUT2D eigenvalue weighted by Gasteiger charge is 2.18. The van der Waals surface area contributed by atoms with Gasteiger partial charge in [0.2, 0.25) is 5.91 Å². The summed E-state index contributed by atoms with van der Waals surface area (Å²) in [6, 6.07) is 5.93. The van der Waals surface area contributed by atoms with Gasteiger partial charge in [0.15, 0.2) is 0 Å². The van der Waals surface area contributed by atoms with E-state index in [0.717, 1.165) is 16.7 Å². The van der Waals surface area contributed by atoms with Crippen LogP contribution in [0.5, 0.6) is 0 Å². The van der Waals surface area contributed by atoms with Crippen LogP contribution in [0.1, 0.15) is 23.6 Å². The fourth-order valence-corrected chi connectivity index (χ4v) is 2.00. The maximum Gasteiger partial charge on any atom is 0.308 e. The van der Waals surface area contributed by atoms with Crippen LogP contribution >= 0.6 is 0 Å². The molecule has 0 saturated heterocycles. The number of aryl methyl sites for hydroxylation is 2. The topological polar surface area (TPSA) is 57.6 Å². The normalized spacial score (nSPS) is 12.0. The van der Waals surface area contributed by atoms with Crippen molar-refractivity contribution in [1.29, 1.82) is 0 Å². The van der Waals surface area contributed by atoms with Crippen LogP contribution in [0.2, 0.25) is 0 Å². The van der Waals surface area contributed by atoms with Crippen molar-refractivity contribution in [3.05, 3.63) is 34.9 Å². The zero-order valence-corrected chi connectivity index (χ0v) is 11.9. The molecular weight excluding hydrogens is 242 g/mol. The Morgan fingerprint density at radius 3 is 2.26 bits per heavy atom. The molecule has 1 amide bonds. The molecule has 0 fully saturated rings. The average Bonchev–Trinajstić information content (AvgIpc) is 2.33. The van der Waals surface area contributed by atoms with Crippen molar-refractivity contribution in [2.24, 2.45) is 5.92 Å². The van der Waals surface area contributed by atoms with Gasteiger partial charge in [-0.1, -0.05) is 25.1 Å². The summed E-state index contributed by atoms with van der Waals surface area (Å²) in [7, 11) is 1.65. The van der Waals surface area contributed by atoms with Gasteiger partial charge in [0.25, 0.3) is 0 Å². The van der Waals surface area contributed by atoms with E-state index in [1.54, 1.807) is 14.0 Å². The van der Waals surface area contributed by atoms with Crippen LogP contribution < -0.4 is 0 Å². The van der Waals surface area contributed by atoms with E-state index >= 15 is 0 Å². The maximum absolute atomic E-state index is 12.1. The molecular formula is C15H21NO3. The van der Waals surface area contributed by atoms with Crippen LogP contribution in [-0.2, 0) is 16.0 Å². The van der Waals surface area contributed by atoms with E-state index in [2.05, 4.69) is 0 Å². The van der Waals surface area contributed by atoms with E-state index in [1.165, 1.54) is 4.90 Å². The van der Waals surface area contributed by atoms with Crippen molar-refractivity contribution >= 4 is 11.9 Å². The van der Waals surface area contributed by atoms with E-state index in [0.29, 0.717) is 6.42 Å². The summed E-state index contributed by atoms with van der Waals surface area (Å²) in [6.45, 7) is 5.80. The number of likely N-dealkylation sites (N-methyl/N-ethyl adjacent to an activating group) is 1. The van der Waals surface area contributed by atoms with E-state index in [-0.39, 0.29) is 12.5 Å². The molecule has 4 heteroatoms. The predicted molar refractivity (Wildman–Crippen MR) is 74.1 cm³/mol. The summed E-state index contributed by atoms with van der Waals surface area (Å²) >= 11 is 0. The van der Waals surface area contributed by atoms with E-state index < -0.39 is 11.9 Å². The summed E-state index contributed by atoms with van der Waals surface area (Å²) in [4.78, 5) is 24.4. The molecule has 1 aromatic rings. The van der Waals surface area contributed by atoms with E-state index in [9.17, 15) is 9.59 Å². The monoisotopic (exact) mass is 263 g/mol. The zero-order chi connectivity index (χ0) is 14.6. The van der Waals surface area contributed by atoms with Gasteiger partial charge >= 0.3 is 5.97 Å². The summed E-state index contributed by atoms with van der Waals surface area (Å²) in [5, 5.41) is 8.85. The molecule has 0 aliphatic rings. The van der Waals surface area contributed by atoms with Crippen LogP contribution in [0.25, 0.3) is 0 Å². The lowest BCUT2D eigenvalue weighted by Gasteiger charge is -2.20. The Morgan fingerprint density at radius 2 is 1.79 bits per heavy atom. The number of amides is 1. The van der Waals surface area contributed by atoms with E-state index in [4.69, 9.17) is 5.11 Å². The Balaban J connectivity index is 2.72. The molecule has 0 aliphatic carbocycles. The van der Waals surface area contributed by atoms with Crippen molar-refractivity contribution in [2.75, 3.05) is 13.6 Å². The Kier molecular flexibility index (Phi) is 5.10. The fourth-order valence-electron chi connectivity index (χ4n) is 2.00. The van der Waals surface area contributed by atoms with Crippen molar-refractivity contribution in [3.63, 3.8) is 0 Å².